The Morgan fingerprint density at radius 3 is 2.57 bits per heavy atom. The van der Waals surface area contributed by atoms with Crippen molar-refractivity contribution in [3.8, 4) is 11.5 Å². The summed E-state index contributed by atoms with van der Waals surface area (Å²) < 4.78 is 13.4. The van der Waals surface area contributed by atoms with E-state index in [2.05, 4.69) is 27.3 Å². The van der Waals surface area contributed by atoms with Gasteiger partial charge in [0, 0.05) is 4.47 Å². The van der Waals surface area contributed by atoms with Gasteiger partial charge in [0.05, 0.1) is 4.20 Å². The monoisotopic (exact) mass is 423 g/mol. The number of fused-ring (bicyclic) bond motifs is 1. The number of nitrogens with one attached hydrogen (secondary N) is 1. The minimum Gasteiger partial charge on any atom is -0.454 e. The van der Waals surface area contributed by atoms with E-state index in [1.807, 2.05) is 36.4 Å². The van der Waals surface area contributed by atoms with E-state index < -0.39 is 5.54 Å². The number of rotatable bonds is 2. The first-order valence-corrected chi connectivity index (χ1v) is 9.23. The first-order chi connectivity index (χ1) is 11.1. The molecule has 0 aromatic heterocycles. The third kappa shape index (κ3) is 2.46. The Balaban J connectivity index is 1.93. The summed E-state index contributed by atoms with van der Waals surface area (Å²) in [5.74, 6) is 1.47. The Kier molecular flexibility index (Phi) is 3.84. The average Bonchev–Trinajstić information content (AvgIpc) is 3.10. The fraction of sp³-hybridized carbons (Fsp3) is 0.125. The van der Waals surface area contributed by atoms with Crippen molar-refractivity contribution < 1.29 is 9.47 Å². The zero-order valence-corrected chi connectivity index (χ0v) is 15.7. The first kappa shape index (κ1) is 15.4. The minimum absolute atomic E-state index is 0.244. The Bertz CT molecular complexity index is 842. The van der Waals surface area contributed by atoms with Crippen LogP contribution in [0.4, 0.5) is 0 Å². The predicted molar refractivity (Wildman–Crippen MR) is 103 cm³/mol. The molecule has 116 valence electrons. The molecule has 1 fully saturated rings. The molecule has 0 amide bonds. The summed E-state index contributed by atoms with van der Waals surface area (Å²) in [5, 5.41) is 3.40. The summed E-state index contributed by atoms with van der Waals surface area (Å²) in [6.45, 7) is 0.244. The Hall–Kier alpha value is -1.15. The molecule has 2 aliphatic rings. The van der Waals surface area contributed by atoms with Gasteiger partial charge in [-0.15, -0.1) is 0 Å². The lowest BCUT2D eigenvalue weighted by Gasteiger charge is -2.30. The van der Waals surface area contributed by atoms with Crippen LogP contribution in [-0.2, 0) is 5.54 Å². The van der Waals surface area contributed by atoms with Crippen LogP contribution >= 0.6 is 52.1 Å². The minimum atomic E-state index is -0.651. The molecule has 4 rings (SSSR count). The van der Waals surface area contributed by atoms with Crippen LogP contribution in [0.25, 0.3) is 0 Å². The van der Waals surface area contributed by atoms with Gasteiger partial charge in [-0.1, -0.05) is 70.3 Å². The predicted octanol–water partition coefficient (Wildman–Crippen LogP) is 4.37. The molecule has 1 unspecified atom stereocenters. The fourth-order valence-corrected chi connectivity index (χ4v) is 5.10. The number of hydrogen-bond acceptors (Lipinski definition) is 5. The standard InChI is InChI=1S/C16H10BrNO2S3/c17-11-3-1-2-9(6-11)16(14(21)23-15(22)18-16)10-4-5-12-13(7-10)20-8-19-12/h1-7H,8H2,(H,18,22). The largest absolute Gasteiger partial charge is 0.454 e. The number of thiocarbonyl (C=S) groups is 2. The second kappa shape index (κ2) is 5.73. The average molecular weight is 424 g/mol. The van der Waals surface area contributed by atoms with Crippen LogP contribution in [0.2, 0.25) is 0 Å². The van der Waals surface area contributed by atoms with Gasteiger partial charge in [-0.2, -0.15) is 0 Å². The molecule has 3 nitrogen and oxygen atoms in total. The quantitative estimate of drug-likeness (QED) is 0.721. The normalized spacial score (nSPS) is 22.3. The van der Waals surface area contributed by atoms with Gasteiger partial charge in [0.15, 0.2) is 11.5 Å². The second-order valence-electron chi connectivity index (χ2n) is 5.13. The smallest absolute Gasteiger partial charge is 0.231 e. The lowest BCUT2D eigenvalue weighted by molar-refractivity contribution is 0.174. The van der Waals surface area contributed by atoms with E-state index in [1.165, 1.54) is 11.8 Å². The lowest BCUT2D eigenvalue weighted by atomic mass is 9.84. The van der Waals surface area contributed by atoms with E-state index in [0.717, 1.165) is 31.3 Å². The van der Waals surface area contributed by atoms with E-state index in [4.69, 9.17) is 33.9 Å². The van der Waals surface area contributed by atoms with Crippen LogP contribution in [0.5, 0.6) is 11.5 Å². The molecule has 0 aliphatic carbocycles. The van der Waals surface area contributed by atoms with Crippen molar-refractivity contribution in [2.45, 2.75) is 5.54 Å². The maximum Gasteiger partial charge on any atom is 0.231 e. The summed E-state index contributed by atoms with van der Waals surface area (Å²) in [7, 11) is 0. The van der Waals surface area contributed by atoms with Crippen LogP contribution in [0.1, 0.15) is 11.1 Å². The van der Waals surface area contributed by atoms with E-state index in [0.29, 0.717) is 4.32 Å². The van der Waals surface area contributed by atoms with E-state index in [9.17, 15) is 0 Å². The Morgan fingerprint density at radius 2 is 1.83 bits per heavy atom. The molecule has 1 saturated heterocycles. The van der Waals surface area contributed by atoms with Crippen molar-refractivity contribution in [3.63, 3.8) is 0 Å². The first-order valence-electron chi connectivity index (χ1n) is 6.80. The van der Waals surface area contributed by atoms with Gasteiger partial charge in [-0.3, -0.25) is 0 Å². The zero-order chi connectivity index (χ0) is 16.0. The molecule has 2 aromatic rings. The summed E-state index contributed by atoms with van der Waals surface area (Å²) in [6.07, 6.45) is 0. The van der Waals surface area contributed by atoms with E-state index in [-0.39, 0.29) is 6.79 Å². The molecule has 0 radical (unpaired) electrons. The second-order valence-corrected chi connectivity index (χ2v) is 8.40. The van der Waals surface area contributed by atoms with Crippen LogP contribution in [0.15, 0.2) is 46.9 Å². The van der Waals surface area contributed by atoms with E-state index >= 15 is 0 Å². The molecular formula is C16H10BrNO2S3. The van der Waals surface area contributed by atoms with Crippen LogP contribution < -0.4 is 14.8 Å². The van der Waals surface area contributed by atoms with Gasteiger partial charge in [0.1, 0.15) is 9.86 Å². The topological polar surface area (TPSA) is 30.5 Å². The van der Waals surface area contributed by atoms with Crippen molar-refractivity contribution in [3.05, 3.63) is 58.1 Å². The molecule has 23 heavy (non-hydrogen) atoms. The van der Waals surface area contributed by atoms with Crippen LogP contribution in [0, 0.1) is 0 Å². The van der Waals surface area contributed by atoms with Gasteiger partial charge in [-0.25, -0.2) is 0 Å². The van der Waals surface area contributed by atoms with Gasteiger partial charge in [0.2, 0.25) is 6.79 Å². The maximum atomic E-state index is 5.69. The summed E-state index contributed by atoms with van der Waals surface area (Å²) in [5.41, 5.74) is 1.36. The van der Waals surface area contributed by atoms with Crippen LogP contribution in [0.3, 0.4) is 0 Å². The number of thioether (sulfide) groups is 1. The summed E-state index contributed by atoms with van der Waals surface area (Å²) in [4.78, 5) is 0. The van der Waals surface area contributed by atoms with Crippen molar-refractivity contribution in [1.29, 1.82) is 0 Å². The van der Waals surface area contributed by atoms with Crippen molar-refractivity contribution >= 4 is 60.6 Å². The maximum absolute atomic E-state index is 5.69. The van der Waals surface area contributed by atoms with Gasteiger partial charge < -0.3 is 14.8 Å². The number of hydrogen-bond donors (Lipinski definition) is 1. The highest BCUT2D eigenvalue weighted by atomic mass is 79.9. The zero-order valence-electron chi connectivity index (χ0n) is 11.7. The molecule has 1 N–H and O–H groups in total. The van der Waals surface area contributed by atoms with Crippen molar-refractivity contribution in [2.24, 2.45) is 0 Å². The molecule has 7 heteroatoms. The molecule has 2 aromatic carbocycles. The van der Waals surface area contributed by atoms with Crippen molar-refractivity contribution in [2.75, 3.05) is 6.79 Å². The Labute approximate surface area is 156 Å². The molecule has 1 atom stereocenters. The van der Waals surface area contributed by atoms with Crippen molar-refractivity contribution in [1.82, 2.24) is 5.32 Å². The molecule has 2 heterocycles. The Morgan fingerprint density at radius 1 is 1.04 bits per heavy atom. The highest BCUT2D eigenvalue weighted by Crippen LogP contribution is 2.44. The number of ether oxygens (including phenoxy) is 2. The van der Waals surface area contributed by atoms with E-state index in [1.54, 1.807) is 0 Å². The molecule has 2 aliphatic heterocycles. The number of benzene rings is 2. The van der Waals surface area contributed by atoms with Crippen LogP contribution in [-0.4, -0.2) is 15.3 Å². The van der Waals surface area contributed by atoms with Gasteiger partial charge in [0.25, 0.3) is 0 Å². The van der Waals surface area contributed by atoms with Gasteiger partial charge in [-0.05, 0) is 35.4 Å². The highest BCUT2D eigenvalue weighted by molar-refractivity contribution is 9.10. The number of halogens is 1. The highest BCUT2D eigenvalue weighted by Gasteiger charge is 2.45. The van der Waals surface area contributed by atoms with Gasteiger partial charge >= 0.3 is 0 Å². The third-order valence-electron chi connectivity index (χ3n) is 3.84. The third-order valence-corrected chi connectivity index (χ3v) is 6.02. The lowest BCUT2D eigenvalue weighted by Crippen LogP contribution is -2.43. The molecule has 0 bridgehead atoms. The SMILES string of the molecule is S=C1NC(c2cccc(Br)c2)(c2ccc3c(c2)OCO3)C(=S)S1. The molecule has 0 saturated carbocycles. The summed E-state index contributed by atoms with van der Waals surface area (Å²) in [6, 6.07) is 14.0. The molecule has 0 spiro atoms. The fourth-order valence-electron chi connectivity index (χ4n) is 2.79. The molecular weight excluding hydrogens is 414 g/mol. The summed E-state index contributed by atoms with van der Waals surface area (Å²) >= 11 is 16.0.